The number of carbonyl (C=O) groups is 3. The van der Waals surface area contributed by atoms with Crippen LogP contribution < -0.4 is 0 Å². The van der Waals surface area contributed by atoms with E-state index >= 15 is 0 Å². The van der Waals surface area contributed by atoms with E-state index < -0.39 is 6.10 Å². The molecule has 0 aromatic carbocycles. The van der Waals surface area contributed by atoms with Crippen molar-refractivity contribution in [2.75, 3.05) is 13.2 Å². The predicted molar refractivity (Wildman–Crippen MR) is 340 cm³/mol. The molecule has 0 heterocycles. The van der Waals surface area contributed by atoms with E-state index in [-0.39, 0.29) is 31.1 Å². The molecule has 0 saturated heterocycles. The van der Waals surface area contributed by atoms with Gasteiger partial charge in [-0.2, -0.15) is 0 Å². The molecule has 0 N–H and O–H groups in total. The molecule has 0 aromatic rings. The van der Waals surface area contributed by atoms with Gasteiger partial charge in [-0.3, -0.25) is 14.4 Å². The van der Waals surface area contributed by atoms with E-state index in [1.165, 1.54) is 283 Å². The Labute approximate surface area is 487 Å². The number of allylic oxidation sites excluding steroid dienone is 4. The molecule has 6 nitrogen and oxygen atoms in total. The topological polar surface area (TPSA) is 78.9 Å². The van der Waals surface area contributed by atoms with E-state index in [1.54, 1.807) is 0 Å². The zero-order valence-electron chi connectivity index (χ0n) is 53.0. The molecule has 0 bridgehead atoms. The lowest BCUT2D eigenvalue weighted by atomic mass is 10.0. The summed E-state index contributed by atoms with van der Waals surface area (Å²) in [7, 11) is 0. The highest BCUT2D eigenvalue weighted by molar-refractivity contribution is 5.71. The van der Waals surface area contributed by atoms with E-state index in [4.69, 9.17) is 14.2 Å². The van der Waals surface area contributed by atoms with Gasteiger partial charge in [-0.05, 0) is 64.2 Å². The van der Waals surface area contributed by atoms with Crippen molar-refractivity contribution >= 4 is 17.9 Å². The molecule has 0 fully saturated rings. The Morgan fingerprint density at radius 2 is 0.449 bits per heavy atom. The van der Waals surface area contributed by atoms with E-state index in [1.807, 2.05) is 0 Å². The van der Waals surface area contributed by atoms with Crippen LogP contribution in [0.2, 0.25) is 0 Å². The van der Waals surface area contributed by atoms with E-state index in [9.17, 15) is 14.4 Å². The molecule has 1 atom stereocenters. The van der Waals surface area contributed by atoms with Gasteiger partial charge in [0.1, 0.15) is 13.2 Å². The lowest BCUT2D eigenvalue weighted by Gasteiger charge is -2.18. The Bertz CT molecular complexity index is 1260. The first-order valence-electron chi connectivity index (χ1n) is 35.3. The standard InChI is InChI=1S/C72H136O6/c1-4-7-10-13-16-19-22-24-26-27-28-29-30-31-32-33-34-35-36-37-38-39-40-41-42-43-44-45-47-48-50-53-56-59-62-65-71(74)77-68-69(67-76-70(73)64-61-58-55-52-21-18-15-12-9-6-3)78-72(75)66-63-60-57-54-51-49-46-25-23-20-17-14-11-8-5-2/h12,15,25,46,69H,4-11,13-14,16-24,26-45,47-68H2,1-3H3/b15-12-,46-25-. The van der Waals surface area contributed by atoms with Gasteiger partial charge in [0.25, 0.3) is 0 Å². The summed E-state index contributed by atoms with van der Waals surface area (Å²) in [4.78, 5) is 38.2. The van der Waals surface area contributed by atoms with Crippen molar-refractivity contribution in [3.63, 3.8) is 0 Å². The van der Waals surface area contributed by atoms with Crippen molar-refractivity contribution in [2.24, 2.45) is 0 Å². The van der Waals surface area contributed by atoms with Gasteiger partial charge in [0.2, 0.25) is 0 Å². The fourth-order valence-electron chi connectivity index (χ4n) is 10.9. The van der Waals surface area contributed by atoms with Crippen molar-refractivity contribution in [3.8, 4) is 0 Å². The van der Waals surface area contributed by atoms with Gasteiger partial charge in [-0.15, -0.1) is 0 Å². The van der Waals surface area contributed by atoms with Crippen LogP contribution in [-0.4, -0.2) is 37.2 Å². The minimum atomic E-state index is -0.776. The fourth-order valence-corrected chi connectivity index (χ4v) is 10.9. The van der Waals surface area contributed by atoms with Crippen molar-refractivity contribution in [3.05, 3.63) is 24.3 Å². The predicted octanol–water partition coefficient (Wildman–Crippen LogP) is 24.2. The summed E-state index contributed by atoms with van der Waals surface area (Å²) >= 11 is 0. The van der Waals surface area contributed by atoms with Crippen LogP contribution in [0.25, 0.3) is 0 Å². The Morgan fingerprint density at radius 3 is 0.692 bits per heavy atom. The largest absolute Gasteiger partial charge is 0.462 e. The summed E-state index contributed by atoms with van der Waals surface area (Å²) in [5, 5.41) is 0. The Morgan fingerprint density at radius 1 is 0.244 bits per heavy atom. The first-order valence-corrected chi connectivity index (χ1v) is 35.3. The second-order valence-corrected chi connectivity index (χ2v) is 24.1. The average molecular weight is 1100 g/mol. The fraction of sp³-hybridized carbons (Fsp3) is 0.903. The molecule has 0 aromatic heterocycles. The molecule has 1 unspecified atom stereocenters. The average Bonchev–Trinajstić information content (AvgIpc) is 3.44. The van der Waals surface area contributed by atoms with Crippen molar-refractivity contribution < 1.29 is 28.6 Å². The molecule has 460 valence electrons. The number of esters is 3. The zero-order chi connectivity index (χ0) is 56.4. The normalized spacial score (nSPS) is 12.1. The number of ether oxygens (including phenoxy) is 3. The van der Waals surface area contributed by atoms with Crippen molar-refractivity contribution in [1.29, 1.82) is 0 Å². The lowest BCUT2D eigenvalue weighted by molar-refractivity contribution is -0.167. The molecule has 6 heteroatoms. The van der Waals surface area contributed by atoms with E-state index in [0.717, 1.165) is 77.0 Å². The van der Waals surface area contributed by atoms with Crippen LogP contribution in [0.3, 0.4) is 0 Å². The number of carbonyl (C=O) groups excluding carboxylic acids is 3. The summed E-state index contributed by atoms with van der Waals surface area (Å²) in [6.07, 6.45) is 82.5. The van der Waals surface area contributed by atoms with Crippen LogP contribution >= 0.6 is 0 Å². The van der Waals surface area contributed by atoms with Gasteiger partial charge < -0.3 is 14.2 Å². The number of unbranched alkanes of at least 4 members (excludes halogenated alkanes) is 51. The smallest absolute Gasteiger partial charge is 0.306 e. The monoisotopic (exact) mass is 1100 g/mol. The molecule has 78 heavy (non-hydrogen) atoms. The molecule has 0 radical (unpaired) electrons. The summed E-state index contributed by atoms with van der Waals surface area (Å²) in [6.45, 7) is 6.62. The van der Waals surface area contributed by atoms with Crippen LogP contribution in [0.5, 0.6) is 0 Å². The quantitative estimate of drug-likeness (QED) is 0.0261. The maximum Gasteiger partial charge on any atom is 0.306 e. The number of hydrogen-bond donors (Lipinski definition) is 0. The second kappa shape index (κ2) is 67.4. The molecule has 0 rings (SSSR count). The molecule has 0 aliphatic carbocycles. The van der Waals surface area contributed by atoms with Gasteiger partial charge in [-0.1, -0.05) is 340 Å². The summed E-state index contributed by atoms with van der Waals surface area (Å²) < 4.78 is 16.9. The highest BCUT2D eigenvalue weighted by Crippen LogP contribution is 2.19. The number of rotatable bonds is 66. The third-order valence-electron chi connectivity index (χ3n) is 16.2. The highest BCUT2D eigenvalue weighted by atomic mass is 16.6. The van der Waals surface area contributed by atoms with Crippen LogP contribution in [0, 0.1) is 0 Å². The molecular weight excluding hydrogens is 961 g/mol. The Kier molecular flexibility index (Phi) is 65.6. The zero-order valence-corrected chi connectivity index (χ0v) is 53.0. The van der Waals surface area contributed by atoms with Crippen molar-refractivity contribution in [1.82, 2.24) is 0 Å². The Hall–Kier alpha value is -2.11. The van der Waals surface area contributed by atoms with Crippen molar-refractivity contribution in [2.45, 2.75) is 406 Å². The molecule has 0 spiro atoms. The maximum absolute atomic E-state index is 12.9. The third-order valence-corrected chi connectivity index (χ3v) is 16.2. The third kappa shape index (κ3) is 64.7. The van der Waals surface area contributed by atoms with Crippen LogP contribution in [-0.2, 0) is 28.6 Å². The van der Waals surface area contributed by atoms with E-state index in [0.29, 0.717) is 19.3 Å². The second-order valence-electron chi connectivity index (χ2n) is 24.1. The van der Waals surface area contributed by atoms with Gasteiger partial charge in [0.05, 0.1) is 0 Å². The lowest BCUT2D eigenvalue weighted by Crippen LogP contribution is -2.30. The van der Waals surface area contributed by atoms with Gasteiger partial charge in [0.15, 0.2) is 6.10 Å². The SMILES string of the molecule is CCC/C=C\CCCCCCCC(=O)OCC(COC(=O)CCCCCCCCCCCCCCCCCCCCCCCCCCCCCCCCCCCCC)OC(=O)CCCCCCC/C=C\CCCCCCCC. The van der Waals surface area contributed by atoms with Crippen LogP contribution in [0.1, 0.15) is 400 Å². The number of hydrogen-bond acceptors (Lipinski definition) is 6. The highest BCUT2D eigenvalue weighted by Gasteiger charge is 2.19. The van der Waals surface area contributed by atoms with Crippen LogP contribution in [0.4, 0.5) is 0 Å². The minimum Gasteiger partial charge on any atom is -0.462 e. The summed E-state index contributed by atoms with van der Waals surface area (Å²) in [5.74, 6) is -0.869. The maximum atomic E-state index is 12.9. The summed E-state index contributed by atoms with van der Waals surface area (Å²) in [6, 6.07) is 0. The molecular formula is C72H136O6. The van der Waals surface area contributed by atoms with Gasteiger partial charge in [-0.25, -0.2) is 0 Å². The molecule has 0 amide bonds. The molecule has 0 aliphatic rings. The van der Waals surface area contributed by atoms with Gasteiger partial charge >= 0.3 is 17.9 Å². The van der Waals surface area contributed by atoms with Crippen LogP contribution in [0.15, 0.2) is 24.3 Å². The minimum absolute atomic E-state index is 0.0728. The molecule has 0 saturated carbocycles. The first-order chi connectivity index (χ1) is 38.5. The summed E-state index contributed by atoms with van der Waals surface area (Å²) in [5.41, 5.74) is 0. The molecule has 0 aliphatic heterocycles. The van der Waals surface area contributed by atoms with E-state index in [2.05, 4.69) is 45.1 Å². The first kappa shape index (κ1) is 75.9. The van der Waals surface area contributed by atoms with Gasteiger partial charge in [0, 0.05) is 19.3 Å². The Balaban J connectivity index is 3.96.